The van der Waals surface area contributed by atoms with Crippen molar-refractivity contribution in [3.8, 4) is 0 Å². The molecule has 4 heteroatoms. The van der Waals surface area contributed by atoms with Gasteiger partial charge in [0.2, 0.25) is 0 Å². The van der Waals surface area contributed by atoms with Crippen molar-refractivity contribution in [3.63, 3.8) is 0 Å². The van der Waals surface area contributed by atoms with E-state index in [9.17, 15) is 0 Å². The van der Waals surface area contributed by atoms with Crippen LogP contribution in [0.1, 0.15) is 27.7 Å². The van der Waals surface area contributed by atoms with Gasteiger partial charge < -0.3 is 15.0 Å². The van der Waals surface area contributed by atoms with Crippen LogP contribution in [0.3, 0.4) is 0 Å². The number of hydrogen-bond acceptors (Lipinski definition) is 2. The first-order valence-corrected chi connectivity index (χ1v) is 5.33. The molecule has 1 aliphatic heterocycles. The smallest absolute Gasteiger partial charge is 0.168 e. The molecule has 1 aliphatic rings. The summed E-state index contributed by atoms with van der Waals surface area (Å²) in [5.74, 6) is 0. The molecule has 82 valence electrons. The lowest BCUT2D eigenvalue weighted by molar-refractivity contribution is -0.167. The third-order valence-electron chi connectivity index (χ3n) is 2.20. The van der Waals surface area contributed by atoms with Gasteiger partial charge in [0.15, 0.2) is 5.11 Å². The third kappa shape index (κ3) is 2.82. The van der Waals surface area contributed by atoms with Crippen LogP contribution < -0.4 is 5.32 Å². The monoisotopic (exact) mass is 216 g/mol. The van der Waals surface area contributed by atoms with Gasteiger partial charge in [-0.2, -0.15) is 0 Å². The van der Waals surface area contributed by atoms with Crippen LogP contribution in [-0.2, 0) is 4.74 Å². The summed E-state index contributed by atoms with van der Waals surface area (Å²) in [5.41, 5.74) is -0.272. The van der Waals surface area contributed by atoms with Gasteiger partial charge in [-0.3, -0.25) is 0 Å². The second-order valence-corrected chi connectivity index (χ2v) is 5.42. The summed E-state index contributed by atoms with van der Waals surface area (Å²) < 4.78 is 5.96. The summed E-state index contributed by atoms with van der Waals surface area (Å²) >= 11 is 5.24. The highest BCUT2D eigenvalue weighted by atomic mass is 32.1. The Morgan fingerprint density at radius 3 is 2.00 bits per heavy atom. The van der Waals surface area contributed by atoms with Gasteiger partial charge in [-0.15, -0.1) is 0 Å². The second kappa shape index (κ2) is 3.66. The van der Waals surface area contributed by atoms with E-state index in [0.717, 1.165) is 18.2 Å². The van der Waals surface area contributed by atoms with Crippen molar-refractivity contribution >= 4 is 17.3 Å². The number of rotatable bonds is 0. The molecule has 1 saturated heterocycles. The van der Waals surface area contributed by atoms with Gasteiger partial charge in [0, 0.05) is 20.1 Å². The molecule has 0 aromatic rings. The lowest BCUT2D eigenvalue weighted by atomic mass is 9.99. The zero-order valence-electron chi connectivity index (χ0n) is 9.68. The largest absolute Gasteiger partial charge is 0.366 e. The standard InChI is InChI=1S/C10H20N2OS/c1-9(2)6-12(8(14)11-5)7-10(3,4)13-9/h6-7H2,1-5H3,(H,11,14). The molecule has 0 radical (unpaired) electrons. The number of hydrogen-bond donors (Lipinski definition) is 1. The van der Waals surface area contributed by atoms with E-state index in [4.69, 9.17) is 17.0 Å². The molecule has 0 aromatic heterocycles. The normalized spacial score (nSPS) is 24.5. The molecular formula is C10H20N2OS. The second-order valence-electron chi connectivity index (χ2n) is 5.03. The Morgan fingerprint density at radius 1 is 1.21 bits per heavy atom. The van der Waals surface area contributed by atoms with E-state index in [1.54, 1.807) is 0 Å². The zero-order valence-corrected chi connectivity index (χ0v) is 10.5. The Morgan fingerprint density at radius 2 is 1.64 bits per heavy atom. The summed E-state index contributed by atoms with van der Waals surface area (Å²) in [4.78, 5) is 2.17. The molecule has 0 bridgehead atoms. The Balaban J connectivity index is 2.76. The molecule has 3 nitrogen and oxygen atoms in total. The van der Waals surface area contributed by atoms with Crippen LogP contribution in [-0.4, -0.2) is 41.4 Å². The van der Waals surface area contributed by atoms with Crippen molar-refractivity contribution in [1.82, 2.24) is 10.2 Å². The SMILES string of the molecule is CNC(=S)N1CC(C)(C)OC(C)(C)C1. The van der Waals surface area contributed by atoms with Gasteiger partial charge in [-0.25, -0.2) is 0 Å². The van der Waals surface area contributed by atoms with Gasteiger partial charge in [0.1, 0.15) is 0 Å². The highest BCUT2D eigenvalue weighted by molar-refractivity contribution is 7.80. The van der Waals surface area contributed by atoms with E-state index in [0.29, 0.717) is 0 Å². The Kier molecular flexibility index (Phi) is 3.07. The van der Waals surface area contributed by atoms with E-state index >= 15 is 0 Å². The number of nitrogens with one attached hydrogen (secondary N) is 1. The van der Waals surface area contributed by atoms with Gasteiger partial charge in [0.25, 0.3) is 0 Å². The highest BCUT2D eigenvalue weighted by Gasteiger charge is 2.38. The predicted octanol–water partition coefficient (Wildman–Crippen LogP) is 1.38. The van der Waals surface area contributed by atoms with Crippen molar-refractivity contribution in [3.05, 3.63) is 0 Å². The molecule has 1 heterocycles. The summed E-state index contributed by atoms with van der Waals surface area (Å²) in [7, 11) is 1.86. The first-order valence-electron chi connectivity index (χ1n) is 4.93. The first kappa shape index (κ1) is 11.7. The maximum absolute atomic E-state index is 5.96. The lowest BCUT2D eigenvalue weighted by Crippen LogP contribution is -2.60. The third-order valence-corrected chi connectivity index (χ3v) is 2.66. The number of ether oxygens (including phenoxy) is 1. The summed E-state index contributed by atoms with van der Waals surface area (Å²) in [6.45, 7) is 10.1. The van der Waals surface area contributed by atoms with Gasteiger partial charge in [-0.05, 0) is 39.9 Å². The van der Waals surface area contributed by atoms with Gasteiger partial charge in [-0.1, -0.05) is 0 Å². The Bertz CT molecular complexity index is 222. The van der Waals surface area contributed by atoms with E-state index in [1.807, 2.05) is 7.05 Å². The highest BCUT2D eigenvalue weighted by Crippen LogP contribution is 2.27. The first-order chi connectivity index (χ1) is 6.26. The topological polar surface area (TPSA) is 24.5 Å². The van der Waals surface area contributed by atoms with Crippen molar-refractivity contribution < 1.29 is 4.74 Å². The fourth-order valence-corrected chi connectivity index (χ4v) is 2.22. The number of thiocarbonyl (C=S) groups is 1. The molecule has 0 aliphatic carbocycles. The number of morpholine rings is 1. The summed E-state index contributed by atoms with van der Waals surface area (Å²) in [6.07, 6.45) is 0. The Labute approximate surface area is 91.8 Å². The van der Waals surface area contributed by atoms with Crippen LogP contribution in [0.5, 0.6) is 0 Å². The molecule has 0 spiro atoms. The van der Waals surface area contributed by atoms with Crippen LogP contribution in [0.25, 0.3) is 0 Å². The minimum Gasteiger partial charge on any atom is -0.366 e. The van der Waals surface area contributed by atoms with E-state index in [1.165, 1.54) is 0 Å². The minimum absolute atomic E-state index is 0.136. The van der Waals surface area contributed by atoms with Crippen molar-refractivity contribution in [2.45, 2.75) is 38.9 Å². The van der Waals surface area contributed by atoms with E-state index in [2.05, 4.69) is 37.9 Å². The quantitative estimate of drug-likeness (QED) is 0.618. The molecule has 0 atom stereocenters. The Hall–Kier alpha value is -0.350. The van der Waals surface area contributed by atoms with Crippen molar-refractivity contribution in [2.24, 2.45) is 0 Å². The van der Waals surface area contributed by atoms with Crippen LogP contribution in [0.15, 0.2) is 0 Å². The summed E-state index contributed by atoms with van der Waals surface area (Å²) in [6, 6.07) is 0. The van der Waals surface area contributed by atoms with Crippen LogP contribution in [0.4, 0.5) is 0 Å². The maximum atomic E-state index is 5.96. The molecule has 14 heavy (non-hydrogen) atoms. The zero-order chi connectivity index (χ0) is 11.0. The molecule has 1 fully saturated rings. The van der Waals surface area contributed by atoms with Gasteiger partial charge in [0.05, 0.1) is 11.2 Å². The van der Waals surface area contributed by atoms with Crippen LogP contribution in [0.2, 0.25) is 0 Å². The van der Waals surface area contributed by atoms with E-state index < -0.39 is 0 Å². The fraction of sp³-hybridized carbons (Fsp3) is 0.900. The minimum atomic E-state index is -0.136. The van der Waals surface area contributed by atoms with Crippen LogP contribution in [0, 0.1) is 0 Å². The lowest BCUT2D eigenvalue weighted by Gasteiger charge is -2.47. The fourth-order valence-electron chi connectivity index (χ4n) is 2.09. The van der Waals surface area contributed by atoms with Crippen molar-refractivity contribution in [2.75, 3.05) is 20.1 Å². The molecule has 0 aromatic carbocycles. The molecule has 0 amide bonds. The number of nitrogens with zero attached hydrogens (tertiary/aromatic N) is 1. The van der Waals surface area contributed by atoms with E-state index in [-0.39, 0.29) is 11.2 Å². The molecular weight excluding hydrogens is 196 g/mol. The average Bonchev–Trinajstić information content (AvgIpc) is 1.97. The van der Waals surface area contributed by atoms with Crippen LogP contribution >= 0.6 is 12.2 Å². The molecule has 0 saturated carbocycles. The molecule has 0 unspecified atom stereocenters. The van der Waals surface area contributed by atoms with Crippen molar-refractivity contribution in [1.29, 1.82) is 0 Å². The average molecular weight is 216 g/mol. The summed E-state index contributed by atoms with van der Waals surface area (Å²) in [5, 5.41) is 3.81. The molecule has 1 N–H and O–H groups in total. The van der Waals surface area contributed by atoms with Gasteiger partial charge >= 0.3 is 0 Å². The maximum Gasteiger partial charge on any atom is 0.168 e. The molecule has 1 rings (SSSR count). The predicted molar refractivity (Wildman–Crippen MR) is 62.5 cm³/mol.